The van der Waals surface area contributed by atoms with E-state index in [1.54, 1.807) is 0 Å². The van der Waals surface area contributed by atoms with Gasteiger partial charge in [-0.1, -0.05) is 13.8 Å². The highest BCUT2D eigenvalue weighted by Crippen LogP contribution is 2.04. The molecule has 0 amide bonds. The van der Waals surface area contributed by atoms with E-state index in [1.807, 2.05) is 13.8 Å². The zero-order valence-electron chi connectivity index (χ0n) is 8.88. The standard InChI is InChI=1S/C8H19NO5S/c1-6(2)3-7(5-10)9-4-8(11)15(12,13)14/h6-11H,3-5H2,1-2H3,(H,12,13,14)/p-1. The molecule has 92 valence electrons. The number of aliphatic hydroxyl groups excluding tert-OH is 2. The van der Waals surface area contributed by atoms with E-state index < -0.39 is 15.6 Å². The average molecular weight is 240 g/mol. The van der Waals surface area contributed by atoms with Gasteiger partial charge in [-0.15, -0.1) is 0 Å². The second-order valence-corrected chi connectivity index (χ2v) is 5.39. The van der Waals surface area contributed by atoms with E-state index in [1.165, 1.54) is 0 Å². The third-order valence-corrected chi connectivity index (χ3v) is 2.72. The number of hydrogen-bond acceptors (Lipinski definition) is 6. The Kier molecular flexibility index (Phi) is 6.30. The molecule has 7 heteroatoms. The lowest BCUT2D eigenvalue weighted by molar-refractivity contribution is 0.189. The molecule has 0 aliphatic heterocycles. The second-order valence-electron chi connectivity index (χ2n) is 3.86. The van der Waals surface area contributed by atoms with Gasteiger partial charge < -0.3 is 20.1 Å². The van der Waals surface area contributed by atoms with Crippen molar-refractivity contribution in [1.82, 2.24) is 5.32 Å². The van der Waals surface area contributed by atoms with E-state index in [0.717, 1.165) is 0 Å². The van der Waals surface area contributed by atoms with E-state index in [9.17, 15) is 13.0 Å². The van der Waals surface area contributed by atoms with Crippen LogP contribution in [0.5, 0.6) is 0 Å². The summed E-state index contributed by atoms with van der Waals surface area (Å²) >= 11 is 0. The summed E-state index contributed by atoms with van der Waals surface area (Å²) in [5.74, 6) is 0.329. The van der Waals surface area contributed by atoms with Crippen molar-refractivity contribution in [3.63, 3.8) is 0 Å². The zero-order valence-corrected chi connectivity index (χ0v) is 9.70. The molecule has 0 spiro atoms. The second kappa shape index (κ2) is 6.39. The summed E-state index contributed by atoms with van der Waals surface area (Å²) in [6.07, 6.45) is 0.641. The van der Waals surface area contributed by atoms with Gasteiger partial charge in [-0.25, -0.2) is 8.42 Å². The molecule has 2 unspecified atom stereocenters. The molecule has 0 aromatic carbocycles. The molecule has 0 aliphatic carbocycles. The summed E-state index contributed by atoms with van der Waals surface area (Å²) in [5, 5.41) is 20.5. The Bertz CT molecular complexity index is 264. The SMILES string of the molecule is CC(C)CC(CO)NCC(O)S(=O)(=O)[O-]. The molecule has 3 N–H and O–H groups in total. The number of nitrogens with one attached hydrogen (secondary N) is 1. The minimum Gasteiger partial charge on any atom is -0.746 e. The van der Waals surface area contributed by atoms with Gasteiger partial charge in [0.15, 0.2) is 5.44 Å². The summed E-state index contributed by atoms with van der Waals surface area (Å²) < 4.78 is 31.0. The quantitative estimate of drug-likeness (QED) is 0.485. The molecule has 6 nitrogen and oxygen atoms in total. The minimum atomic E-state index is -4.67. The van der Waals surface area contributed by atoms with E-state index in [-0.39, 0.29) is 19.2 Å². The van der Waals surface area contributed by atoms with Crippen molar-refractivity contribution < 1.29 is 23.2 Å². The van der Waals surface area contributed by atoms with Gasteiger partial charge in [-0.2, -0.15) is 0 Å². The van der Waals surface area contributed by atoms with Gasteiger partial charge in [0, 0.05) is 12.6 Å². The highest BCUT2D eigenvalue weighted by Gasteiger charge is 2.15. The Hall–Kier alpha value is -0.210. The molecule has 0 aromatic heterocycles. The van der Waals surface area contributed by atoms with Crippen LogP contribution in [0.15, 0.2) is 0 Å². The molecular formula is C8H18NO5S-. The van der Waals surface area contributed by atoms with Crippen molar-refractivity contribution in [1.29, 1.82) is 0 Å². The van der Waals surface area contributed by atoms with Gasteiger partial charge in [-0.3, -0.25) is 0 Å². The molecule has 0 saturated carbocycles. The van der Waals surface area contributed by atoms with Crippen LogP contribution in [0.4, 0.5) is 0 Å². The maximum atomic E-state index is 10.3. The molecule has 0 fully saturated rings. The summed E-state index contributed by atoms with van der Waals surface area (Å²) in [6.45, 7) is 3.38. The van der Waals surface area contributed by atoms with Crippen LogP contribution >= 0.6 is 0 Å². The Morgan fingerprint density at radius 2 is 1.93 bits per heavy atom. The van der Waals surface area contributed by atoms with Crippen molar-refractivity contribution in [2.45, 2.75) is 31.7 Å². The first-order valence-corrected chi connectivity index (χ1v) is 6.21. The van der Waals surface area contributed by atoms with Gasteiger partial charge in [0.1, 0.15) is 10.1 Å². The van der Waals surface area contributed by atoms with Crippen LogP contribution < -0.4 is 5.32 Å². The Balaban J connectivity index is 4.01. The highest BCUT2D eigenvalue weighted by molar-refractivity contribution is 7.86. The molecular weight excluding hydrogens is 222 g/mol. The highest BCUT2D eigenvalue weighted by atomic mass is 32.2. The predicted octanol–water partition coefficient (Wildman–Crippen LogP) is -1.15. The van der Waals surface area contributed by atoms with Crippen molar-refractivity contribution in [2.75, 3.05) is 13.2 Å². The van der Waals surface area contributed by atoms with Crippen LogP contribution in [0.2, 0.25) is 0 Å². The first kappa shape index (κ1) is 14.8. The molecule has 0 rings (SSSR count). The zero-order chi connectivity index (χ0) is 12.1. The Morgan fingerprint density at radius 3 is 2.27 bits per heavy atom. The monoisotopic (exact) mass is 240 g/mol. The van der Waals surface area contributed by atoms with E-state index in [4.69, 9.17) is 10.2 Å². The van der Waals surface area contributed by atoms with E-state index in [2.05, 4.69) is 5.32 Å². The molecule has 0 heterocycles. The summed E-state index contributed by atoms with van der Waals surface area (Å²) in [4.78, 5) is 0. The molecule has 0 aromatic rings. The fourth-order valence-corrected chi connectivity index (χ4v) is 1.46. The van der Waals surface area contributed by atoms with Crippen molar-refractivity contribution in [2.24, 2.45) is 5.92 Å². The first-order valence-electron chi connectivity index (χ1n) is 4.74. The number of aliphatic hydroxyl groups is 2. The minimum absolute atomic E-state index is 0.163. The fraction of sp³-hybridized carbons (Fsp3) is 1.00. The normalized spacial score (nSPS) is 16.7. The summed E-state index contributed by atoms with van der Waals surface area (Å²) in [6, 6.07) is -0.304. The van der Waals surface area contributed by atoms with Crippen molar-refractivity contribution in [3.8, 4) is 0 Å². The van der Waals surface area contributed by atoms with Gasteiger partial charge in [0.05, 0.1) is 6.61 Å². The molecule has 0 aliphatic rings. The molecule has 15 heavy (non-hydrogen) atoms. The Morgan fingerprint density at radius 1 is 1.40 bits per heavy atom. The van der Waals surface area contributed by atoms with Crippen LogP contribution in [-0.4, -0.2) is 47.8 Å². The third-order valence-electron chi connectivity index (χ3n) is 1.89. The van der Waals surface area contributed by atoms with Gasteiger partial charge in [0.2, 0.25) is 0 Å². The maximum Gasteiger partial charge on any atom is 0.155 e. The van der Waals surface area contributed by atoms with Crippen LogP contribution in [0.25, 0.3) is 0 Å². The largest absolute Gasteiger partial charge is 0.746 e. The first-order chi connectivity index (χ1) is 6.77. The van der Waals surface area contributed by atoms with Crippen LogP contribution in [0, 0.1) is 5.92 Å². The molecule has 2 atom stereocenters. The van der Waals surface area contributed by atoms with Gasteiger partial charge in [-0.05, 0) is 12.3 Å². The van der Waals surface area contributed by atoms with E-state index >= 15 is 0 Å². The number of rotatable bonds is 7. The topological polar surface area (TPSA) is 110 Å². The smallest absolute Gasteiger partial charge is 0.155 e. The lowest BCUT2D eigenvalue weighted by Crippen LogP contribution is -2.41. The summed E-state index contributed by atoms with van der Waals surface area (Å²) in [7, 11) is -4.67. The maximum absolute atomic E-state index is 10.3. The molecule has 0 bridgehead atoms. The van der Waals surface area contributed by atoms with Crippen LogP contribution in [0.3, 0.4) is 0 Å². The van der Waals surface area contributed by atoms with E-state index in [0.29, 0.717) is 12.3 Å². The lowest BCUT2D eigenvalue weighted by Gasteiger charge is -2.21. The molecule has 0 radical (unpaired) electrons. The fourth-order valence-electron chi connectivity index (χ4n) is 1.16. The average Bonchev–Trinajstić information content (AvgIpc) is 2.09. The van der Waals surface area contributed by atoms with Crippen LogP contribution in [-0.2, 0) is 10.1 Å². The predicted molar refractivity (Wildman–Crippen MR) is 54.0 cm³/mol. The van der Waals surface area contributed by atoms with Gasteiger partial charge >= 0.3 is 0 Å². The van der Waals surface area contributed by atoms with Crippen LogP contribution in [0.1, 0.15) is 20.3 Å². The van der Waals surface area contributed by atoms with Crippen molar-refractivity contribution in [3.05, 3.63) is 0 Å². The number of hydrogen-bond donors (Lipinski definition) is 3. The summed E-state index contributed by atoms with van der Waals surface area (Å²) in [5.41, 5.74) is -1.96. The Labute approximate surface area is 90.1 Å². The third kappa shape index (κ3) is 6.80. The van der Waals surface area contributed by atoms with Crippen molar-refractivity contribution >= 4 is 10.1 Å². The van der Waals surface area contributed by atoms with Gasteiger partial charge in [0.25, 0.3) is 0 Å². The molecule has 0 saturated heterocycles. The lowest BCUT2D eigenvalue weighted by atomic mass is 10.0.